The van der Waals surface area contributed by atoms with Crippen molar-refractivity contribution in [2.45, 2.75) is 51.4 Å². The summed E-state index contributed by atoms with van der Waals surface area (Å²) in [4.78, 5) is 0. The van der Waals surface area contributed by atoms with Crippen LogP contribution in [0.15, 0.2) is 30.9 Å². The van der Waals surface area contributed by atoms with Gasteiger partial charge in [-0.05, 0) is 90.9 Å². The molecule has 4 rings (SSSR count). The van der Waals surface area contributed by atoms with Crippen LogP contribution in [0.4, 0.5) is 0 Å². The van der Waals surface area contributed by atoms with E-state index >= 15 is 0 Å². The van der Waals surface area contributed by atoms with E-state index in [4.69, 9.17) is 0 Å². The van der Waals surface area contributed by atoms with Crippen LogP contribution in [0, 0.1) is 23.2 Å². The van der Waals surface area contributed by atoms with Gasteiger partial charge in [0.2, 0.25) is 0 Å². The molecular formula is C20H26O. The summed E-state index contributed by atoms with van der Waals surface area (Å²) in [7, 11) is 0. The Balaban J connectivity index is 1.70. The number of allylic oxidation sites excluding steroid dienone is 1. The number of hydrogen-bond donors (Lipinski definition) is 1. The molecule has 112 valence electrons. The molecule has 0 radical (unpaired) electrons. The molecule has 0 heterocycles. The minimum absolute atomic E-state index is 0.431. The number of hydrogen-bond acceptors (Lipinski definition) is 1. The molecule has 0 saturated heterocycles. The first kappa shape index (κ1) is 13.4. The lowest BCUT2D eigenvalue weighted by Crippen LogP contribution is -2.41. The molecule has 0 aliphatic heterocycles. The molecule has 0 aromatic heterocycles. The maximum Gasteiger partial charge on any atom is 0.115 e. The zero-order chi connectivity index (χ0) is 14.6. The Kier molecular flexibility index (Phi) is 2.96. The molecule has 2 saturated carbocycles. The maximum atomic E-state index is 9.73. The van der Waals surface area contributed by atoms with Gasteiger partial charge >= 0.3 is 0 Å². The van der Waals surface area contributed by atoms with Gasteiger partial charge < -0.3 is 5.11 Å². The van der Waals surface area contributed by atoms with Crippen molar-refractivity contribution in [3.63, 3.8) is 0 Å². The van der Waals surface area contributed by atoms with Crippen LogP contribution in [0.3, 0.4) is 0 Å². The van der Waals surface area contributed by atoms with Crippen LogP contribution in [0.25, 0.3) is 0 Å². The Morgan fingerprint density at radius 3 is 2.90 bits per heavy atom. The number of fused-ring (bicyclic) bond motifs is 5. The molecule has 3 aliphatic rings. The van der Waals surface area contributed by atoms with Crippen molar-refractivity contribution in [2.24, 2.45) is 23.2 Å². The minimum atomic E-state index is 0.431. The highest BCUT2D eigenvalue weighted by molar-refractivity contribution is 5.40. The third-order valence-electron chi connectivity index (χ3n) is 7.07. The van der Waals surface area contributed by atoms with Crippen molar-refractivity contribution < 1.29 is 5.11 Å². The second-order valence-electron chi connectivity index (χ2n) is 7.76. The van der Waals surface area contributed by atoms with Gasteiger partial charge in [0, 0.05) is 0 Å². The van der Waals surface area contributed by atoms with Crippen molar-refractivity contribution in [2.75, 3.05) is 0 Å². The standard InChI is InChI=1S/C20H26O/c1-3-14-5-9-19-18-7-4-13-12-15(21)6-8-16(13)17(18)10-11-20(14,19)2/h3,6,8,12,14,17-19,21H,1,4-5,7,9-11H2,2H3. The highest BCUT2D eigenvalue weighted by Crippen LogP contribution is 2.63. The van der Waals surface area contributed by atoms with E-state index in [2.05, 4.69) is 25.6 Å². The fraction of sp³-hybridized carbons (Fsp3) is 0.600. The summed E-state index contributed by atoms with van der Waals surface area (Å²) in [5, 5.41) is 9.73. The molecule has 1 N–H and O–H groups in total. The van der Waals surface area contributed by atoms with Crippen molar-refractivity contribution in [1.82, 2.24) is 0 Å². The highest BCUT2D eigenvalue weighted by atomic mass is 16.3. The molecule has 21 heavy (non-hydrogen) atoms. The molecular weight excluding hydrogens is 256 g/mol. The van der Waals surface area contributed by atoms with E-state index in [0.29, 0.717) is 11.2 Å². The Hall–Kier alpha value is -1.24. The Labute approximate surface area is 128 Å². The maximum absolute atomic E-state index is 9.73. The highest BCUT2D eigenvalue weighted by Gasteiger charge is 2.53. The first-order valence-electron chi connectivity index (χ1n) is 8.58. The van der Waals surface area contributed by atoms with Gasteiger partial charge in [-0.1, -0.05) is 19.1 Å². The summed E-state index contributed by atoms with van der Waals surface area (Å²) in [5.74, 6) is 3.62. The molecule has 5 unspecified atom stereocenters. The molecule has 5 atom stereocenters. The second kappa shape index (κ2) is 4.63. The van der Waals surface area contributed by atoms with Crippen LogP contribution in [-0.2, 0) is 6.42 Å². The van der Waals surface area contributed by atoms with Crippen molar-refractivity contribution in [3.05, 3.63) is 42.0 Å². The molecule has 0 bridgehead atoms. The van der Waals surface area contributed by atoms with Crippen LogP contribution >= 0.6 is 0 Å². The Morgan fingerprint density at radius 2 is 2.10 bits per heavy atom. The van der Waals surface area contributed by atoms with Gasteiger partial charge in [0.05, 0.1) is 0 Å². The Bertz CT molecular complexity index is 575. The number of aromatic hydroxyl groups is 1. The third kappa shape index (κ3) is 1.82. The van der Waals surface area contributed by atoms with Crippen LogP contribution < -0.4 is 0 Å². The number of aryl methyl sites for hydroxylation is 1. The summed E-state index contributed by atoms with van der Waals surface area (Å²) >= 11 is 0. The molecule has 1 heteroatoms. The van der Waals surface area contributed by atoms with E-state index in [1.54, 1.807) is 0 Å². The summed E-state index contributed by atoms with van der Waals surface area (Å²) in [6, 6.07) is 6.08. The fourth-order valence-electron chi connectivity index (χ4n) is 6.00. The number of benzene rings is 1. The van der Waals surface area contributed by atoms with E-state index in [1.165, 1.54) is 43.2 Å². The second-order valence-corrected chi connectivity index (χ2v) is 7.76. The molecule has 0 spiro atoms. The van der Waals surface area contributed by atoms with Gasteiger partial charge in [-0.3, -0.25) is 0 Å². The van der Waals surface area contributed by atoms with Gasteiger partial charge in [-0.25, -0.2) is 0 Å². The summed E-state index contributed by atoms with van der Waals surface area (Å²) < 4.78 is 0. The molecule has 1 nitrogen and oxygen atoms in total. The summed E-state index contributed by atoms with van der Waals surface area (Å²) in [6.45, 7) is 6.63. The number of phenolic OH excluding ortho intramolecular Hbond substituents is 1. The zero-order valence-corrected chi connectivity index (χ0v) is 13.0. The number of phenols is 1. The smallest absolute Gasteiger partial charge is 0.115 e. The zero-order valence-electron chi connectivity index (χ0n) is 13.0. The molecule has 0 amide bonds. The van der Waals surface area contributed by atoms with Crippen LogP contribution in [-0.4, -0.2) is 5.11 Å². The molecule has 1 aromatic rings. The lowest BCUT2D eigenvalue weighted by Gasteiger charge is -2.50. The molecule has 3 aliphatic carbocycles. The van der Waals surface area contributed by atoms with E-state index in [1.807, 2.05) is 12.1 Å². The first-order chi connectivity index (χ1) is 10.1. The van der Waals surface area contributed by atoms with Gasteiger partial charge in [-0.2, -0.15) is 0 Å². The quantitative estimate of drug-likeness (QED) is 0.715. The summed E-state index contributed by atoms with van der Waals surface area (Å²) in [6.07, 6.45) is 10.1. The summed E-state index contributed by atoms with van der Waals surface area (Å²) in [5.41, 5.74) is 3.43. The third-order valence-corrected chi connectivity index (χ3v) is 7.07. The predicted molar refractivity (Wildman–Crippen MR) is 86.4 cm³/mol. The molecule has 1 aromatic carbocycles. The Morgan fingerprint density at radius 1 is 1.24 bits per heavy atom. The first-order valence-corrected chi connectivity index (χ1v) is 8.58. The van der Waals surface area contributed by atoms with Crippen molar-refractivity contribution in [3.8, 4) is 5.75 Å². The normalized spacial score (nSPS) is 41.0. The topological polar surface area (TPSA) is 20.2 Å². The average molecular weight is 282 g/mol. The predicted octanol–water partition coefficient (Wildman–Crippen LogP) is 5.05. The van der Waals surface area contributed by atoms with Gasteiger partial charge in [0.25, 0.3) is 0 Å². The van der Waals surface area contributed by atoms with Gasteiger partial charge in [0.1, 0.15) is 5.75 Å². The van der Waals surface area contributed by atoms with Crippen molar-refractivity contribution in [1.29, 1.82) is 0 Å². The van der Waals surface area contributed by atoms with Gasteiger partial charge in [0.15, 0.2) is 0 Å². The minimum Gasteiger partial charge on any atom is -0.508 e. The van der Waals surface area contributed by atoms with Gasteiger partial charge in [-0.15, -0.1) is 6.58 Å². The van der Waals surface area contributed by atoms with Crippen LogP contribution in [0.2, 0.25) is 0 Å². The SMILES string of the molecule is C=CC1CCC2C3CCc4cc(O)ccc4C3CCC12C. The van der Waals surface area contributed by atoms with E-state index in [-0.39, 0.29) is 0 Å². The lowest BCUT2D eigenvalue weighted by atomic mass is 9.54. The van der Waals surface area contributed by atoms with E-state index in [9.17, 15) is 5.11 Å². The lowest BCUT2D eigenvalue weighted by molar-refractivity contribution is 0.0410. The fourth-order valence-corrected chi connectivity index (χ4v) is 6.00. The number of rotatable bonds is 1. The van der Waals surface area contributed by atoms with Crippen molar-refractivity contribution >= 4 is 0 Å². The average Bonchev–Trinajstić information content (AvgIpc) is 2.83. The van der Waals surface area contributed by atoms with Crippen LogP contribution in [0.1, 0.15) is 56.1 Å². The monoisotopic (exact) mass is 282 g/mol. The molecule has 2 fully saturated rings. The van der Waals surface area contributed by atoms with E-state index in [0.717, 1.165) is 30.1 Å². The van der Waals surface area contributed by atoms with Crippen LogP contribution in [0.5, 0.6) is 5.75 Å². The largest absolute Gasteiger partial charge is 0.508 e. The van der Waals surface area contributed by atoms with E-state index < -0.39 is 0 Å².